The van der Waals surface area contributed by atoms with Crippen LogP contribution in [0.25, 0.3) is 0 Å². The third-order valence-electron chi connectivity index (χ3n) is 6.00. The molecule has 0 spiro atoms. The van der Waals surface area contributed by atoms with Crippen LogP contribution in [0.4, 0.5) is 5.69 Å². The van der Waals surface area contributed by atoms with E-state index in [0.717, 1.165) is 19.3 Å². The summed E-state index contributed by atoms with van der Waals surface area (Å²) in [4.78, 5) is -0.119. The number of sulfonamides is 1. The van der Waals surface area contributed by atoms with Crippen LogP contribution in [0, 0.1) is 0 Å². The summed E-state index contributed by atoms with van der Waals surface area (Å²) >= 11 is 0. The number of rotatable bonds is 19. The molecule has 0 aromatic heterocycles. The van der Waals surface area contributed by atoms with Crippen molar-refractivity contribution in [3.63, 3.8) is 0 Å². The van der Waals surface area contributed by atoms with Crippen molar-refractivity contribution < 1.29 is 13.5 Å². The highest BCUT2D eigenvalue weighted by Gasteiger charge is 2.24. The highest BCUT2D eigenvalue weighted by Crippen LogP contribution is 2.27. The molecule has 1 aromatic carbocycles. The molecule has 0 saturated heterocycles. The minimum atomic E-state index is -3.71. The molecule has 0 bridgehead atoms. The van der Waals surface area contributed by atoms with Gasteiger partial charge in [-0.05, 0) is 24.6 Å². The van der Waals surface area contributed by atoms with Crippen molar-refractivity contribution >= 4 is 15.7 Å². The van der Waals surface area contributed by atoms with Crippen molar-refractivity contribution in [1.82, 2.24) is 4.31 Å². The van der Waals surface area contributed by atoms with Crippen LogP contribution in [-0.2, 0) is 10.0 Å². The molecular weight excluding hydrogens is 408 g/mol. The third-order valence-corrected chi connectivity index (χ3v) is 7.88. The number of nitrogen functional groups attached to an aromatic ring is 1. The van der Waals surface area contributed by atoms with Crippen LogP contribution in [0.2, 0.25) is 0 Å². The molecule has 0 heterocycles. The van der Waals surface area contributed by atoms with Crippen molar-refractivity contribution in [2.75, 3.05) is 19.3 Å². The van der Waals surface area contributed by atoms with E-state index in [0.29, 0.717) is 12.2 Å². The normalized spacial score (nSPS) is 12.0. The lowest BCUT2D eigenvalue weighted by Gasteiger charge is -2.18. The van der Waals surface area contributed by atoms with Gasteiger partial charge in [0, 0.05) is 19.3 Å². The van der Waals surface area contributed by atoms with E-state index in [2.05, 4.69) is 6.92 Å². The maximum absolute atomic E-state index is 12.6. The molecule has 0 aliphatic carbocycles. The number of hydrogen-bond donors (Lipinski definition) is 2. The van der Waals surface area contributed by atoms with Gasteiger partial charge in [-0.15, -0.1) is 0 Å². The van der Waals surface area contributed by atoms with Gasteiger partial charge < -0.3 is 10.8 Å². The van der Waals surface area contributed by atoms with Crippen LogP contribution in [0.3, 0.4) is 0 Å². The minimum Gasteiger partial charge on any atom is -0.507 e. The van der Waals surface area contributed by atoms with Gasteiger partial charge >= 0.3 is 0 Å². The molecule has 0 aliphatic rings. The number of unbranched alkanes of at least 4 members (excludes halogenated alkanes) is 15. The number of hydrogen-bond acceptors (Lipinski definition) is 4. The Kier molecular flexibility index (Phi) is 14.7. The van der Waals surface area contributed by atoms with Gasteiger partial charge in [0.25, 0.3) is 0 Å². The van der Waals surface area contributed by atoms with E-state index in [9.17, 15) is 13.5 Å². The third kappa shape index (κ3) is 11.8. The number of anilines is 1. The van der Waals surface area contributed by atoms with E-state index in [4.69, 9.17) is 5.73 Å². The molecule has 0 atom stereocenters. The summed E-state index contributed by atoms with van der Waals surface area (Å²) in [6.07, 6.45) is 20.7. The van der Waals surface area contributed by atoms with E-state index in [1.165, 1.54) is 106 Å². The average molecular weight is 455 g/mol. The first-order chi connectivity index (χ1) is 14.9. The topological polar surface area (TPSA) is 83.6 Å². The molecule has 31 heavy (non-hydrogen) atoms. The van der Waals surface area contributed by atoms with Gasteiger partial charge in [0.15, 0.2) is 0 Å². The van der Waals surface area contributed by atoms with E-state index < -0.39 is 10.0 Å². The number of phenols is 1. The Morgan fingerprint density at radius 2 is 1.19 bits per heavy atom. The Morgan fingerprint density at radius 1 is 0.774 bits per heavy atom. The first-order valence-corrected chi connectivity index (χ1v) is 13.9. The molecule has 0 saturated carbocycles. The summed E-state index contributed by atoms with van der Waals surface area (Å²) in [6.45, 7) is 2.72. The van der Waals surface area contributed by atoms with Gasteiger partial charge in [-0.3, -0.25) is 0 Å². The zero-order valence-corrected chi connectivity index (χ0v) is 20.8. The Labute approximate surface area is 191 Å². The predicted octanol–water partition coefficient (Wildman–Crippen LogP) is 6.86. The summed E-state index contributed by atoms with van der Waals surface area (Å²) in [6, 6.07) is 4.13. The zero-order chi connectivity index (χ0) is 23.0. The number of nitrogens with two attached hydrogens (primary N) is 1. The van der Waals surface area contributed by atoms with Crippen LogP contribution in [0.1, 0.15) is 110 Å². The molecule has 180 valence electrons. The maximum Gasteiger partial charge on any atom is 0.246 e. The monoisotopic (exact) mass is 454 g/mol. The van der Waals surface area contributed by atoms with Gasteiger partial charge in [0.05, 0.1) is 0 Å². The van der Waals surface area contributed by atoms with Gasteiger partial charge in [0.2, 0.25) is 10.0 Å². The summed E-state index contributed by atoms with van der Waals surface area (Å²) < 4.78 is 26.5. The Balaban J connectivity index is 2.01. The second-order valence-electron chi connectivity index (χ2n) is 8.86. The fourth-order valence-corrected chi connectivity index (χ4v) is 5.23. The molecule has 3 N–H and O–H groups in total. The average Bonchev–Trinajstić information content (AvgIpc) is 2.74. The Bertz CT molecular complexity index is 692. The first-order valence-electron chi connectivity index (χ1n) is 12.4. The van der Waals surface area contributed by atoms with E-state index in [1.54, 1.807) is 7.05 Å². The van der Waals surface area contributed by atoms with Gasteiger partial charge in [-0.1, -0.05) is 103 Å². The summed E-state index contributed by atoms with van der Waals surface area (Å²) in [5, 5.41) is 9.87. The number of aromatic hydroxyl groups is 1. The Morgan fingerprint density at radius 3 is 1.65 bits per heavy atom. The highest BCUT2D eigenvalue weighted by atomic mass is 32.2. The second-order valence-corrected chi connectivity index (χ2v) is 10.9. The lowest BCUT2D eigenvalue weighted by atomic mass is 10.0. The van der Waals surface area contributed by atoms with E-state index in [1.807, 2.05) is 0 Å². The molecule has 0 radical (unpaired) electrons. The largest absolute Gasteiger partial charge is 0.507 e. The Hall–Kier alpha value is -1.27. The van der Waals surface area contributed by atoms with Crippen molar-refractivity contribution in [2.24, 2.45) is 0 Å². The molecular formula is C25H46N2O3S. The number of phenolic OH excluding ortho intramolecular Hbond substituents is 1. The van der Waals surface area contributed by atoms with Gasteiger partial charge in [-0.25, -0.2) is 12.7 Å². The molecule has 1 rings (SSSR count). The maximum atomic E-state index is 12.6. The van der Waals surface area contributed by atoms with Crippen molar-refractivity contribution in [2.45, 2.75) is 115 Å². The lowest BCUT2D eigenvalue weighted by molar-refractivity contribution is 0.432. The number of benzene rings is 1. The zero-order valence-electron chi connectivity index (χ0n) is 19.9. The van der Waals surface area contributed by atoms with Crippen molar-refractivity contribution in [3.8, 4) is 5.75 Å². The second kappa shape index (κ2) is 16.4. The summed E-state index contributed by atoms with van der Waals surface area (Å²) in [7, 11) is -2.15. The van der Waals surface area contributed by atoms with Crippen LogP contribution in [0.15, 0.2) is 23.1 Å². The number of nitrogens with zero attached hydrogens (tertiary/aromatic N) is 1. The molecule has 6 heteroatoms. The fourth-order valence-electron chi connectivity index (χ4n) is 3.91. The van der Waals surface area contributed by atoms with Crippen LogP contribution < -0.4 is 5.73 Å². The summed E-state index contributed by atoms with van der Waals surface area (Å²) in [5.41, 5.74) is 6.00. The molecule has 1 aromatic rings. The smallest absolute Gasteiger partial charge is 0.246 e. The quantitative estimate of drug-likeness (QED) is 0.136. The van der Waals surface area contributed by atoms with E-state index >= 15 is 0 Å². The fraction of sp³-hybridized carbons (Fsp3) is 0.760. The SMILES string of the molecule is CCCCCCCCCCCCCCCCCCN(C)S(=O)(=O)c1cc(N)ccc1O. The molecule has 5 nitrogen and oxygen atoms in total. The lowest BCUT2D eigenvalue weighted by Crippen LogP contribution is -2.28. The summed E-state index contributed by atoms with van der Waals surface area (Å²) in [5.74, 6) is -0.256. The van der Waals surface area contributed by atoms with Crippen molar-refractivity contribution in [3.05, 3.63) is 18.2 Å². The van der Waals surface area contributed by atoms with Crippen LogP contribution in [0.5, 0.6) is 5.75 Å². The molecule has 0 amide bonds. The van der Waals surface area contributed by atoms with Crippen molar-refractivity contribution in [1.29, 1.82) is 0 Å². The standard InChI is InChI=1S/C25H46N2O3S/c1-3-4-5-6-7-8-9-10-11-12-13-14-15-16-17-18-21-27(2)31(29,30)25-22-23(26)19-20-24(25)28/h19-20,22,28H,3-18,21,26H2,1-2H3. The minimum absolute atomic E-state index is 0.119. The first kappa shape index (κ1) is 27.8. The van der Waals surface area contributed by atoms with Crippen LogP contribution in [-0.4, -0.2) is 31.4 Å². The molecule has 0 unspecified atom stereocenters. The van der Waals surface area contributed by atoms with Gasteiger partial charge in [-0.2, -0.15) is 0 Å². The van der Waals surface area contributed by atoms with Gasteiger partial charge in [0.1, 0.15) is 10.6 Å². The molecule has 0 fully saturated rings. The molecule has 0 aliphatic heterocycles. The highest BCUT2D eigenvalue weighted by molar-refractivity contribution is 7.89. The van der Waals surface area contributed by atoms with Crippen LogP contribution >= 0.6 is 0 Å². The predicted molar refractivity (Wildman–Crippen MR) is 132 cm³/mol. The van der Waals surface area contributed by atoms with E-state index in [-0.39, 0.29) is 10.6 Å².